The van der Waals surface area contributed by atoms with Gasteiger partial charge in [-0.1, -0.05) is 18.8 Å². The summed E-state index contributed by atoms with van der Waals surface area (Å²) in [7, 11) is 5.42. The largest absolute Gasteiger partial charge is 0.319 e. The predicted octanol–water partition coefficient (Wildman–Crippen LogP) is 1.29. The Morgan fingerprint density at radius 1 is 1.50 bits per heavy atom. The zero-order chi connectivity index (χ0) is 11.7. The number of nitrogens with zero attached hydrogens (tertiary/aromatic N) is 1. The summed E-state index contributed by atoms with van der Waals surface area (Å²) < 4.78 is 13.6. The van der Waals surface area contributed by atoms with E-state index < -0.39 is 5.82 Å². The van der Waals surface area contributed by atoms with Gasteiger partial charge in [-0.05, 0) is 18.6 Å². The van der Waals surface area contributed by atoms with Crippen LogP contribution in [0, 0.1) is 5.82 Å². The van der Waals surface area contributed by atoms with Crippen molar-refractivity contribution in [1.82, 2.24) is 9.97 Å². The number of aryl methyl sites for hydroxylation is 1. The predicted molar refractivity (Wildman–Crippen MR) is 61.2 cm³/mol. The van der Waals surface area contributed by atoms with Crippen LogP contribution >= 0.6 is 0 Å². The van der Waals surface area contributed by atoms with Gasteiger partial charge in [0, 0.05) is 0 Å². The van der Waals surface area contributed by atoms with E-state index in [4.69, 9.17) is 7.85 Å². The quantitative estimate of drug-likeness (QED) is 0.768. The van der Waals surface area contributed by atoms with Crippen molar-refractivity contribution in [3.8, 4) is 0 Å². The molecule has 2 aromatic rings. The van der Waals surface area contributed by atoms with Crippen LogP contribution in [0.2, 0.25) is 0 Å². The molecule has 0 atom stereocenters. The van der Waals surface area contributed by atoms with Gasteiger partial charge in [-0.25, -0.2) is 9.37 Å². The molecule has 1 N–H and O–H groups in total. The Balaban J connectivity index is 2.80. The van der Waals surface area contributed by atoms with Gasteiger partial charge in [-0.2, -0.15) is 0 Å². The first-order chi connectivity index (χ1) is 7.65. The van der Waals surface area contributed by atoms with E-state index in [0.717, 1.165) is 0 Å². The van der Waals surface area contributed by atoms with Crippen molar-refractivity contribution in [2.45, 2.75) is 19.7 Å². The lowest BCUT2D eigenvalue weighted by atomic mass is 9.96. The molecular formula is C11H10BFN2O. The molecule has 16 heavy (non-hydrogen) atoms. The van der Waals surface area contributed by atoms with Crippen LogP contribution in [-0.2, 0) is 12.7 Å². The molecule has 5 heteroatoms. The van der Waals surface area contributed by atoms with E-state index in [0.29, 0.717) is 23.2 Å². The summed E-state index contributed by atoms with van der Waals surface area (Å²) in [6, 6.07) is 2.99. The van der Waals surface area contributed by atoms with Crippen molar-refractivity contribution in [2.24, 2.45) is 0 Å². The van der Waals surface area contributed by atoms with Crippen molar-refractivity contribution >= 4 is 18.9 Å². The number of nitrogens with one attached hydrogen (secondary N) is 1. The fraction of sp³-hybridized carbons (Fsp3) is 0.273. The van der Waals surface area contributed by atoms with E-state index in [2.05, 4.69) is 9.97 Å². The Bertz CT molecular complexity index is 594. The van der Waals surface area contributed by atoms with Crippen molar-refractivity contribution in [1.29, 1.82) is 0 Å². The summed E-state index contributed by atoms with van der Waals surface area (Å²) in [5.74, 6) is -0.455. The third kappa shape index (κ3) is 1.73. The number of aromatic amines is 1. The van der Waals surface area contributed by atoms with Crippen LogP contribution < -0.4 is 5.56 Å². The highest BCUT2D eigenvalue weighted by atomic mass is 19.1. The highest BCUT2D eigenvalue weighted by Crippen LogP contribution is 2.15. The van der Waals surface area contributed by atoms with Crippen LogP contribution in [0.25, 0.3) is 11.0 Å². The fourth-order valence-corrected chi connectivity index (χ4v) is 1.60. The second kappa shape index (κ2) is 4.08. The molecule has 3 nitrogen and oxygen atoms in total. The van der Waals surface area contributed by atoms with Gasteiger partial charge < -0.3 is 4.98 Å². The number of aromatic nitrogens is 2. The number of H-pyrrole nitrogens is 1. The van der Waals surface area contributed by atoms with Crippen molar-refractivity contribution in [3.05, 3.63) is 39.6 Å². The Morgan fingerprint density at radius 3 is 2.88 bits per heavy atom. The van der Waals surface area contributed by atoms with Crippen LogP contribution in [-0.4, -0.2) is 17.8 Å². The Morgan fingerprint density at radius 2 is 2.25 bits per heavy atom. The number of rotatable bonds is 2. The smallest absolute Gasteiger partial charge is 0.270 e. The van der Waals surface area contributed by atoms with Gasteiger partial charge in [0.15, 0.2) is 5.82 Å². The molecule has 0 aliphatic heterocycles. The van der Waals surface area contributed by atoms with E-state index in [9.17, 15) is 9.18 Å². The highest BCUT2D eigenvalue weighted by molar-refractivity contribution is 6.08. The maximum Gasteiger partial charge on any atom is 0.270 e. The molecule has 0 amide bonds. The normalized spacial score (nSPS) is 10.9. The highest BCUT2D eigenvalue weighted by Gasteiger charge is 2.08. The van der Waals surface area contributed by atoms with Gasteiger partial charge in [-0.3, -0.25) is 4.79 Å². The average Bonchev–Trinajstić information content (AvgIpc) is 2.28. The van der Waals surface area contributed by atoms with E-state index in [-0.39, 0.29) is 17.4 Å². The van der Waals surface area contributed by atoms with Gasteiger partial charge >= 0.3 is 0 Å². The molecule has 1 aromatic heterocycles. The summed E-state index contributed by atoms with van der Waals surface area (Å²) in [5, 5.41) is 0. The van der Waals surface area contributed by atoms with Crippen LogP contribution in [0.5, 0.6) is 0 Å². The summed E-state index contributed by atoms with van der Waals surface area (Å²) in [6.07, 6.45) is 0.702. The molecule has 0 fully saturated rings. The van der Waals surface area contributed by atoms with Gasteiger partial charge in [0.05, 0.1) is 13.4 Å². The Labute approximate surface area is 93.1 Å². The molecule has 0 saturated carbocycles. The minimum atomic E-state index is -0.455. The molecule has 0 bridgehead atoms. The lowest BCUT2D eigenvalue weighted by Crippen LogP contribution is -2.15. The number of benzene rings is 1. The second-order valence-electron chi connectivity index (χ2n) is 3.54. The third-order valence-electron chi connectivity index (χ3n) is 2.45. The van der Waals surface area contributed by atoms with E-state index in [1.165, 1.54) is 6.07 Å². The van der Waals surface area contributed by atoms with Crippen LogP contribution in [0.3, 0.4) is 0 Å². The molecule has 0 unspecified atom stereocenters. The van der Waals surface area contributed by atoms with Gasteiger partial charge in [0.25, 0.3) is 5.56 Å². The molecule has 0 aliphatic rings. The molecule has 1 heterocycles. The summed E-state index contributed by atoms with van der Waals surface area (Å²) >= 11 is 0. The number of hydrogen-bond donors (Lipinski definition) is 1. The van der Waals surface area contributed by atoms with Crippen LogP contribution in [0.1, 0.15) is 18.2 Å². The first kappa shape index (κ1) is 10.9. The summed E-state index contributed by atoms with van der Waals surface area (Å²) in [6.45, 7) is 1.80. The van der Waals surface area contributed by atoms with Gasteiger partial charge in [0.2, 0.25) is 0 Å². The molecule has 0 aliphatic carbocycles. The molecule has 0 spiro atoms. The zero-order valence-electron chi connectivity index (χ0n) is 8.88. The van der Waals surface area contributed by atoms with E-state index >= 15 is 0 Å². The fourth-order valence-electron chi connectivity index (χ4n) is 1.60. The standard InChI is InChI=1S/C11H10BFN2O/c1-2-8-11(16)15-9-4-6(5-12)3-7(13)10(9)14-8/h3-4H,2,5H2,1H3,(H,15,16). The van der Waals surface area contributed by atoms with E-state index in [1.54, 1.807) is 13.0 Å². The molecule has 80 valence electrons. The van der Waals surface area contributed by atoms with Crippen molar-refractivity contribution in [2.75, 3.05) is 0 Å². The lowest BCUT2D eigenvalue weighted by molar-refractivity contribution is 0.634. The first-order valence-electron chi connectivity index (χ1n) is 5.07. The second-order valence-corrected chi connectivity index (χ2v) is 3.54. The Kier molecular flexibility index (Phi) is 2.77. The van der Waals surface area contributed by atoms with Gasteiger partial charge in [0.1, 0.15) is 11.2 Å². The topological polar surface area (TPSA) is 45.8 Å². The van der Waals surface area contributed by atoms with Gasteiger partial charge in [-0.15, -0.1) is 0 Å². The minimum Gasteiger partial charge on any atom is -0.319 e. The van der Waals surface area contributed by atoms with Crippen LogP contribution in [0.15, 0.2) is 16.9 Å². The first-order valence-corrected chi connectivity index (χ1v) is 5.07. The SMILES string of the molecule is [B]Cc1cc(F)c2nc(CC)c(=O)[nH]c2c1. The summed E-state index contributed by atoms with van der Waals surface area (Å²) in [5.41, 5.74) is 1.28. The molecule has 1 aromatic carbocycles. The number of halogens is 1. The summed E-state index contributed by atoms with van der Waals surface area (Å²) in [4.78, 5) is 18.1. The monoisotopic (exact) mass is 216 g/mol. The van der Waals surface area contributed by atoms with Crippen molar-refractivity contribution < 1.29 is 4.39 Å². The van der Waals surface area contributed by atoms with Crippen molar-refractivity contribution in [3.63, 3.8) is 0 Å². The zero-order valence-corrected chi connectivity index (χ0v) is 8.88. The molecule has 2 radical (unpaired) electrons. The lowest BCUT2D eigenvalue weighted by Gasteiger charge is -2.04. The Hall–Kier alpha value is -1.65. The van der Waals surface area contributed by atoms with Crippen LogP contribution in [0.4, 0.5) is 4.39 Å². The average molecular weight is 216 g/mol. The number of fused-ring (bicyclic) bond motifs is 1. The molecular weight excluding hydrogens is 206 g/mol. The maximum atomic E-state index is 13.6. The van der Waals surface area contributed by atoms with E-state index in [1.807, 2.05) is 0 Å². The molecule has 2 rings (SSSR count). The minimum absolute atomic E-state index is 0.189. The number of hydrogen-bond acceptors (Lipinski definition) is 2. The maximum absolute atomic E-state index is 13.6. The molecule has 0 saturated heterocycles. The third-order valence-corrected chi connectivity index (χ3v) is 2.45.